The van der Waals surface area contributed by atoms with E-state index in [0.717, 1.165) is 18.7 Å². The Bertz CT molecular complexity index is 419. The van der Waals surface area contributed by atoms with E-state index in [1.54, 1.807) is 18.0 Å². The van der Waals surface area contributed by atoms with Crippen LogP contribution in [0, 0.1) is 6.92 Å². The molecule has 0 radical (unpaired) electrons. The number of hydrogen-bond acceptors (Lipinski definition) is 4. The molecule has 0 fully saturated rings. The zero-order valence-electron chi connectivity index (χ0n) is 11.8. The molecule has 1 unspecified atom stereocenters. The Balaban J connectivity index is 2.98. The molecule has 0 aliphatic rings. The topological polar surface area (TPSA) is 58.1 Å². The van der Waals surface area contributed by atoms with Crippen LogP contribution in [0.2, 0.25) is 0 Å². The molecule has 0 aliphatic carbocycles. The third-order valence-corrected chi connectivity index (χ3v) is 2.98. The molecular weight excluding hydrogens is 228 g/mol. The summed E-state index contributed by atoms with van der Waals surface area (Å²) in [7, 11) is 1.81. The zero-order chi connectivity index (χ0) is 13.7. The first kappa shape index (κ1) is 14.4. The van der Waals surface area contributed by atoms with Crippen molar-refractivity contribution in [3.63, 3.8) is 0 Å². The number of amides is 1. The van der Waals surface area contributed by atoms with Crippen LogP contribution in [-0.2, 0) is 0 Å². The Kier molecular flexibility index (Phi) is 5.07. The number of aromatic nitrogens is 2. The lowest BCUT2D eigenvalue weighted by Crippen LogP contribution is -2.35. The number of anilines is 1. The smallest absolute Gasteiger partial charge is 0.272 e. The molecule has 0 saturated carbocycles. The van der Waals surface area contributed by atoms with Crippen LogP contribution in [0.25, 0.3) is 0 Å². The van der Waals surface area contributed by atoms with E-state index in [2.05, 4.69) is 22.2 Å². The van der Waals surface area contributed by atoms with Crippen LogP contribution in [-0.4, -0.2) is 40.4 Å². The maximum Gasteiger partial charge on any atom is 0.272 e. The van der Waals surface area contributed by atoms with Gasteiger partial charge in [0.05, 0.1) is 0 Å². The molecule has 1 atom stereocenters. The Morgan fingerprint density at radius 3 is 2.67 bits per heavy atom. The molecule has 1 amide bonds. The lowest BCUT2D eigenvalue weighted by molar-refractivity contribution is 0.0734. The quantitative estimate of drug-likeness (QED) is 0.869. The predicted molar refractivity (Wildman–Crippen MR) is 72.8 cm³/mol. The average Bonchev–Trinajstić information content (AvgIpc) is 2.35. The highest BCUT2D eigenvalue weighted by Crippen LogP contribution is 2.10. The maximum absolute atomic E-state index is 12.3. The summed E-state index contributed by atoms with van der Waals surface area (Å²) in [5.41, 5.74) is 1.24. The molecule has 18 heavy (non-hydrogen) atoms. The third kappa shape index (κ3) is 3.42. The van der Waals surface area contributed by atoms with Crippen molar-refractivity contribution in [1.29, 1.82) is 0 Å². The molecule has 0 aromatic carbocycles. The lowest BCUT2D eigenvalue weighted by Gasteiger charge is -2.23. The molecule has 1 aromatic heterocycles. The van der Waals surface area contributed by atoms with Crippen molar-refractivity contribution in [1.82, 2.24) is 14.9 Å². The van der Waals surface area contributed by atoms with Gasteiger partial charge in [0, 0.05) is 25.3 Å². The van der Waals surface area contributed by atoms with Gasteiger partial charge in [0.15, 0.2) is 0 Å². The average molecular weight is 250 g/mol. The molecule has 1 rings (SSSR count). The van der Waals surface area contributed by atoms with Gasteiger partial charge in [-0.3, -0.25) is 4.79 Å². The Morgan fingerprint density at radius 1 is 1.44 bits per heavy atom. The first-order valence-electron chi connectivity index (χ1n) is 6.36. The van der Waals surface area contributed by atoms with Crippen LogP contribution in [0.3, 0.4) is 0 Å². The van der Waals surface area contributed by atoms with Gasteiger partial charge in [-0.2, -0.15) is 0 Å². The SMILES string of the molecule is CCNc1nc(C)cc(C(=O)N(C)C(C)CC)n1. The summed E-state index contributed by atoms with van der Waals surface area (Å²) in [6, 6.07) is 1.93. The van der Waals surface area contributed by atoms with Crippen molar-refractivity contribution in [3.8, 4) is 0 Å². The van der Waals surface area contributed by atoms with Crippen molar-refractivity contribution in [2.75, 3.05) is 18.9 Å². The predicted octanol–water partition coefficient (Wildman–Crippen LogP) is 2.09. The summed E-state index contributed by atoms with van der Waals surface area (Å²) in [6.07, 6.45) is 0.923. The molecule has 1 heterocycles. The van der Waals surface area contributed by atoms with Crippen molar-refractivity contribution < 1.29 is 4.79 Å². The van der Waals surface area contributed by atoms with Crippen LogP contribution in [0.15, 0.2) is 6.07 Å². The van der Waals surface area contributed by atoms with E-state index in [9.17, 15) is 4.79 Å². The second-order valence-electron chi connectivity index (χ2n) is 4.42. The van der Waals surface area contributed by atoms with Gasteiger partial charge in [-0.25, -0.2) is 9.97 Å². The molecule has 5 nitrogen and oxygen atoms in total. The second kappa shape index (κ2) is 6.33. The van der Waals surface area contributed by atoms with Gasteiger partial charge >= 0.3 is 0 Å². The van der Waals surface area contributed by atoms with Gasteiger partial charge in [-0.15, -0.1) is 0 Å². The van der Waals surface area contributed by atoms with Crippen LogP contribution in [0.4, 0.5) is 5.95 Å². The minimum absolute atomic E-state index is 0.0611. The van der Waals surface area contributed by atoms with Crippen LogP contribution in [0.5, 0.6) is 0 Å². The summed E-state index contributed by atoms with van der Waals surface area (Å²) in [4.78, 5) is 22.5. The Morgan fingerprint density at radius 2 is 2.11 bits per heavy atom. The fourth-order valence-electron chi connectivity index (χ4n) is 1.57. The number of hydrogen-bond donors (Lipinski definition) is 1. The molecular formula is C13H22N4O. The molecule has 0 aliphatic heterocycles. The third-order valence-electron chi connectivity index (χ3n) is 2.98. The van der Waals surface area contributed by atoms with Crippen LogP contribution < -0.4 is 5.32 Å². The molecule has 1 N–H and O–H groups in total. The van der Waals surface area contributed by atoms with Gasteiger partial charge in [-0.05, 0) is 33.3 Å². The molecule has 100 valence electrons. The van der Waals surface area contributed by atoms with Gasteiger partial charge in [-0.1, -0.05) is 6.92 Å². The van der Waals surface area contributed by atoms with E-state index in [-0.39, 0.29) is 11.9 Å². The van der Waals surface area contributed by atoms with Gasteiger partial charge in [0.1, 0.15) is 5.69 Å². The summed E-state index contributed by atoms with van der Waals surface area (Å²) in [6.45, 7) is 8.65. The Hall–Kier alpha value is -1.65. The molecule has 0 spiro atoms. The van der Waals surface area contributed by atoms with Crippen molar-refractivity contribution in [3.05, 3.63) is 17.5 Å². The van der Waals surface area contributed by atoms with E-state index < -0.39 is 0 Å². The number of carbonyl (C=O) groups is 1. The van der Waals surface area contributed by atoms with E-state index in [1.807, 2.05) is 20.8 Å². The zero-order valence-corrected chi connectivity index (χ0v) is 11.8. The van der Waals surface area contributed by atoms with E-state index in [1.165, 1.54) is 0 Å². The minimum Gasteiger partial charge on any atom is -0.354 e. The second-order valence-corrected chi connectivity index (χ2v) is 4.42. The van der Waals surface area contributed by atoms with E-state index >= 15 is 0 Å². The monoisotopic (exact) mass is 250 g/mol. The van der Waals surface area contributed by atoms with Crippen molar-refractivity contribution >= 4 is 11.9 Å². The van der Waals surface area contributed by atoms with Crippen LogP contribution in [0.1, 0.15) is 43.4 Å². The number of nitrogens with one attached hydrogen (secondary N) is 1. The number of nitrogens with zero attached hydrogens (tertiary/aromatic N) is 3. The number of carbonyl (C=O) groups excluding carboxylic acids is 1. The molecule has 5 heteroatoms. The summed E-state index contributed by atoms with van der Waals surface area (Å²) >= 11 is 0. The summed E-state index contributed by atoms with van der Waals surface area (Å²) < 4.78 is 0. The number of rotatable bonds is 5. The van der Waals surface area contributed by atoms with Gasteiger partial charge in [0.2, 0.25) is 5.95 Å². The first-order chi connectivity index (χ1) is 8.49. The normalized spacial score (nSPS) is 12.1. The number of aryl methyl sites for hydroxylation is 1. The van der Waals surface area contributed by atoms with E-state index in [0.29, 0.717) is 11.6 Å². The standard InChI is InChI=1S/C13H22N4O/c1-6-10(4)17(5)12(18)11-8-9(3)15-13(16-11)14-7-2/h8,10H,6-7H2,1-5H3,(H,14,15,16). The van der Waals surface area contributed by atoms with Gasteiger partial charge in [0.25, 0.3) is 5.91 Å². The summed E-state index contributed by atoms with van der Waals surface area (Å²) in [5.74, 6) is 0.451. The van der Waals surface area contributed by atoms with Gasteiger partial charge < -0.3 is 10.2 Å². The Labute approximate surface area is 109 Å². The highest BCUT2D eigenvalue weighted by Gasteiger charge is 2.18. The fraction of sp³-hybridized carbons (Fsp3) is 0.615. The van der Waals surface area contributed by atoms with Crippen LogP contribution >= 0.6 is 0 Å². The highest BCUT2D eigenvalue weighted by atomic mass is 16.2. The largest absolute Gasteiger partial charge is 0.354 e. The molecule has 0 saturated heterocycles. The summed E-state index contributed by atoms with van der Waals surface area (Å²) in [5, 5.41) is 3.03. The first-order valence-corrected chi connectivity index (χ1v) is 6.36. The highest BCUT2D eigenvalue weighted by molar-refractivity contribution is 5.92. The lowest BCUT2D eigenvalue weighted by atomic mass is 10.2. The van der Waals surface area contributed by atoms with E-state index in [4.69, 9.17) is 0 Å². The van der Waals surface area contributed by atoms with Crippen molar-refractivity contribution in [2.45, 2.75) is 40.2 Å². The van der Waals surface area contributed by atoms with Crippen molar-refractivity contribution in [2.24, 2.45) is 0 Å². The minimum atomic E-state index is -0.0611. The maximum atomic E-state index is 12.3. The fourth-order valence-corrected chi connectivity index (χ4v) is 1.57. The molecule has 0 bridgehead atoms. The molecule has 1 aromatic rings.